The van der Waals surface area contributed by atoms with E-state index in [-0.39, 0.29) is 17.8 Å². The van der Waals surface area contributed by atoms with E-state index in [2.05, 4.69) is 0 Å². The lowest BCUT2D eigenvalue weighted by Gasteiger charge is -2.26. The van der Waals surface area contributed by atoms with Crippen molar-refractivity contribution in [2.24, 2.45) is 0 Å². The molecule has 4 rings (SSSR count). The van der Waals surface area contributed by atoms with Crippen LogP contribution in [0, 0.1) is 5.82 Å². The molecule has 0 bridgehead atoms. The first-order valence-electron chi connectivity index (χ1n) is 8.04. The summed E-state index contributed by atoms with van der Waals surface area (Å²) in [4.78, 5) is 14.8. The molecule has 0 aromatic heterocycles. The summed E-state index contributed by atoms with van der Waals surface area (Å²) in [5.74, 6) is -0.330. The molecule has 0 spiro atoms. The first-order valence-corrected chi connectivity index (χ1v) is 8.42. The normalized spacial score (nSPS) is 16.2. The summed E-state index contributed by atoms with van der Waals surface area (Å²) >= 11 is 6.29. The Kier molecular flexibility index (Phi) is 4.02. The van der Waals surface area contributed by atoms with Crippen LogP contribution in [0.15, 0.2) is 72.8 Å². The molecular formula is C21H15ClFNO. The molecule has 124 valence electrons. The maximum atomic E-state index is 13.3. The molecule has 0 aliphatic carbocycles. The summed E-state index contributed by atoms with van der Waals surface area (Å²) < 4.78 is 13.3. The Balaban J connectivity index is 1.80. The van der Waals surface area contributed by atoms with E-state index in [9.17, 15) is 9.18 Å². The van der Waals surface area contributed by atoms with Gasteiger partial charge in [0.25, 0.3) is 5.91 Å². The molecule has 2 nitrogen and oxygen atoms in total. The van der Waals surface area contributed by atoms with Crippen molar-refractivity contribution in [3.8, 4) is 0 Å². The van der Waals surface area contributed by atoms with Crippen LogP contribution in [0.4, 0.5) is 4.39 Å². The SMILES string of the molecule is O=C1c2ccccc2C(c2ccc(F)cc2)N1Cc1ccccc1Cl. The monoisotopic (exact) mass is 351 g/mol. The zero-order chi connectivity index (χ0) is 17.4. The third kappa shape index (κ3) is 2.81. The van der Waals surface area contributed by atoms with Crippen LogP contribution in [0.1, 0.15) is 33.1 Å². The van der Waals surface area contributed by atoms with Crippen LogP contribution in [-0.4, -0.2) is 10.8 Å². The highest BCUT2D eigenvalue weighted by Gasteiger charge is 2.37. The quantitative estimate of drug-likeness (QED) is 0.633. The summed E-state index contributed by atoms with van der Waals surface area (Å²) in [6.07, 6.45) is 0. The molecule has 1 unspecified atom stereocenters. The maximum Gasteiger partial charge on any atom is 0.255 e. The first-order chi connectivity index (χ1) is 12.1. The van der Waals surface area contributed by atoms with E-state index >= 15 is 0 Å². The lowest BCUT2D eigenvalue weighted by molar-refractivity contribution is 0.0736. The van der Waals surface area contributed by atoms with Gasteiger partial charge in [0.1, 0.15) is 5.82 Å². The number of amides is 1. The largest absolute Gasteiger partial charge is 0.323 e. The Hall–Kier alpha value is -2.65. The lowest BCUT2D eigenvalue weighted by Crippen LogP contribution is -2.28. The van der Waals surface area contributed by atoms with Crippen molar-refractivity contribution < 1.29 is 9.18 Å². The smallest absolute Gasteiger partial charge is 0.255 e. The third-order valence-corrected chi connectivity index (χ3v) is 4.91. The fourth-order valence-corrected chi connectivity index (χ4v) is 3.54. The molecule has 0 saturated carbocycles. The molecule has 3 aromatic rings. The van der Waals surface area contributed by atoms with E-state index in [4.69, 9.17) is 11.6 Å². The van der Waals surface area contributed by atoms with Crippen LogP contribution < -0.4 is 0 Å². The fourth-order valence-electron chi connectivity index (χ4n) is 3.35. The van der Waals surface area contributed by atoms with E-state index in [1.807, 2.05) is 48.5 Å². The summed E-state index contributed by atoms with van der Waals surface area (Å²) in [7, 11) is 0. The second-order valence-electron chi connectivity index (χ2n) is 6.07. The zero-order valence-corrected chi connectivity index (χ0v) is 14.1. The van der Waals surface area contributed by atoms with Gasteiger partial charge in [-0.2, -0.15) is 0 Å². The minimum atomic E-state index is -0.293. The Morgan fingerprint density at radius 3 is 2.36 bits per heavy atom. The summed E-state index contributed by atoms with van der Waals surface area (Å²) in [6, 6.07) is 21.1. The van der Waals surface area contributed by atoms with Gasteiger partial charge in [-0.1, -0.05) is 60.1 Å². The van der Waals surface area contributed by atoms with E-state index in [1.54, 1.807) is 17.0 Å². The van der Waals surface area contributed by atoms with Gasteiger partial charge in [-0.05, 0) is 41.0 Å². The van der Waals surface area contributed by atoms with Crippen LogP contribution in [0.2, 0.25) is 5.02 Å². The Morgan fingerprint density at radius 1 is 0.920 bits per heavy atom. The number of halogens is 2. The van der Waals surface area contributed by atoms with Crippen molar-refractivity contribution in [3.63, 3.8) is 0 Å². The average molecular weight is 352 g/mol. The van der Waals surface area contributed by atoms with E-state index in [0.717, 1.165) is 16.7 Å². The van der Waals surface area contributed by atoms with Crippen LogP contribution in [0.25, 0.3) is 0 Å². The molecule has 0 saturated heterocycles. The van der Waals surface area contributed by atoms with Crippen molar-refractivity contribution >= 4 is 17.5 Å². The number of nitrogens with zero attached hydrogens (tertiary/aromatic N) is 1. The predicted molar refractivity (Wildman–Crippen MR) is 96.0 cm³/mol. The highest BCUT2D eigenvalue weighted by molar-refractivity contribution is 6.31. The van der Waals surface area contributed by atoms with Gasteiger partial charge >= 0.3 is 0 Å². The molecule has 4 heteroatoms. The van der Waals surface area contributed by atoms with Crippen LogP contribution in [0.5, 0.6) is 0 Å². The molecule has 1 heterocycles. The van der Waals surface area contributed by atoms with Gasteiger partial charge < -0.3 is 4.90 Å². The number of hydrogen-bond acceptors (Lipinski definition) is 1. The topological polar surface area (TPSA) is 20.3 Å². The van der Waals surface area contributed by atoms with Crippen LogP contribution in [-0.2, 0) is 6.54 Å². The lowest BCUT2D eigenvalue weighted by atomic mass is 9.98. The van der Waals surface area contributed by atoms with Gasteiger partial charge in [-0.15, -0.1) is 0 Å². The van der Waals surface area contributed by atoms with Gasteiger partial charge in [0.2, 0.25) is 0 Å². The number of carbonyl (C=O) groups excluding carboxylic acids is 1. The summed E-state index contributed by atoms with van der Waals surface area (Å²) in [5.41, 5.74) is 3.39. The molecule has 1 aliphatic rings. The van der Waals surface area contributed by atoms with Gasteiger partial charge in [0, 0.05) is 17.1 Å². The van der Waals surface area contributed by atoms with Crippen molar-refractivity contribution in [1.82, 2.24) is 4.90 Å². The number of carbonyl (C=O) groups is 1. The van der Waals surface area contributed by atoms with Gasteiger partial charge in [-0.3, -0.25) is 4.79 Å². The minimum absolute atomic E-state index is 0.0372. The predicted octanol–water partition coefficient (Wildman–Crippen LogP) is 5.22. The number of hydrogen-bond donors (Lipinski definition) is 0. The molecular weight excluding hydrogens is 337 g/mol. The standard InChI is InChI=1S/C21H15ClFNO/c22-19-8-4-1-5-15(19)13-24-20(14-9-11-16(23)12-10-14)17-6-2-3-7-18(17)21(24)25/h1-12,20H,13H2. The molecule has 25 heavy (non-hydrogen) atoms. The highest BCUT2D eigenvalue weighted by Crippen LogP contribution is 2.39. The maximum absolute atomic E-state index is 13.3. The van der Waals surface area contributed by atoms with Crippen LogP contribution in [0.3, 0.4) is 0 Å². The zero-order valence-electron chi connectivity index (χ0n) is 13.3. The van der Waals surface area contributed by atoms with E-state index < -0.39 is 0 Å². The summed E-state index contributed by atoms with van der Waals surface area (Å²) in [5, 5.41) is 0.629. The molecule has 0 N–H and O–H groups in total. The molecule has 0 fully saturated rings. The number of fused-ring (bicyclic) bond motifs is 1. The summed E-state index contributed by atoms with van der Waals surface area (Å²) in [6.45, 7) is 0.398. The van der Waals surface area contributed by atoms with Crippen molar-refractivity contribution in [1.29, 1.82) is 0 Å². The second-order valence-corrected chi connectivity index (χ2v) is 6.47. The van der Waals surface area contributed by atoms with Gasteiger partial charge in [0.05, 0.1) is 6.04 Å². The number of benzene rings is 3. The second kappa shape index (κ2) is 6.34. The molecule has 0 radical (unpaired) electrons. The molecule has 1 atom stereocenters. The Labute approximate surface area is 150 Å². The Morgan fingerprint density at radius 2 is 1.60 bits per heavy atom. The first kappa shape index (κ1) is 15.9. The number of rotatable bonds is 3. The molecule has 1 amide bonds. The van der Waals surface area contributed by atoms with Crippen molar-refractivity contribution in [2.75, 3.05) is 0 Å². The molecule has 1 aliphatic heterocycles. The fraction of sp³-hybridized carbons (Fsp3) is 0.0952. The van der Waals surface area contributed by atoms with Crippen molar-refractivity contribution in [2.45, 2.75) is 12.6 Å². The Bertz CT molecular complexity index is 939. The van der Waals surface area contributed by atoms with Crippen LogP contribution >= 0.6 is 11.6 Å². The van der Waals surface area contributed by atoms with Gasteiger partial charge in [0.15, 0.2) is 0 Å². The average Bonchev–Trinajstić information content (AvgIpc) is 2.90. The minimum Gasteiger partial charge on any atom is -0.323 e. The highest BCUT2D eigenvalue weighted by atomic mass is 35.5. The molecule has 3 aromatic carbocycles. The van der Waals surface area contributed by atoms with E-state index in [0.29, 0.717) is 17.1 Å². The third-order valence-electron chi connectivity index (χ3n) is 4.54. The van der Waals surface area contributed by atoms with E-state index in [1.165, 1.54) is 12.1 Å². The van der Waals surface area contributed by atoms with Crippen molar-refractivity contribution in [3.05, 3.63) is 106 Å². The van der Waals surface area contributed by atoms with Gasteiger partial charge in [-0.25, -0.2) is 4.39 Å².